The lowest BCUT2D eigenvalue weighted by molar-refractivity contribution is -0.116. The molecule has 0 unspecified atom stereocenters. The highest BCUT2D eigenvalue weighted by Gasteiger charge is 2.13. The number of hydrogen-bond donors (Lipinski definition) is 1. The van der Waals surface area contributed by atoms with Crippen molar-refractivity contribution in [2.45, 2.75) is 12.8 Å². The van der Waals surface area contributed by atoms with E-state index in [1.54, 1.807) is 10.9 Å². The molecule has 116 valence electrons. The van der Waals surface area contributed by atoms with Gasteiger partial charge in [0.2, 0.25) is 5.91 Å². The lowest BCUT2D eigenvalue weighted by atomic mass is 10.1. The Bertz CT molecular complexity index is 779. The molecule has 0 saturated carbocycles. The van der Waals surface area contributed by atoms with E-state index < -0.39 is 0 Å². The number of benzene rings is 2. The molecular weight excluding hydrogens is 286 g/mol. The number of carbonyl (C=O) groups is 1. The lowest BCUT2D eigenvalue weighted by Crippen LogP contribution is -2.12. The third kappa shape index (κ3) is 3.66. The zero-order valence-electron chi connectivity index (χ0n) is 13.1. The van der Waals surface area contributed by atoms with Gasteiger partial charge < -0.3 is 5.32 Å². The maximum absolute atomic E-state index is 12.2. The second-order valence-electron chi connectivity index (χ2n) is 5.43. The number of carbonyl (C=O) groups excluding carboxylic acids is 1. The molecule has 2 aromatic carbocycles. The van der Waals surface area contributed by atoms with Crippen molar-refractivity contribution in [1.29, 1.82) is 0 Å². The van der Waals surface area contributed by atoms with Gasteiger partial charge in [0.25, 0.3) is 0 Å². The van der Waals surface area contributed by atoms with Crippen molar-refractivity contribution in [1.82, 2.24) is 9.78 Å². The number of rotatable bonds is 5. The van der Waals surface area contributed by atoms with Crippen LogP contribution in [0.4, 0.5) is 5.69 Å². The van der Waals surface area contributed by atoms with Crippen LogP contribution in [-0.2, 0) is 18.3 Å². The van der Waals surface area contributed by atoms with E-state index in [1.807, 2.05) is 67.7 Å². The second kappa shape index (κ2) is 6.92. The number of anilines is 1. The summed E-state index contributed by atoms with van der Waals surface area (Å²) in [5, 5.41) is 7.24. The number of amides is 1. The van der Waals surface area contributed by atoms with Gasteiger partial charge in [-0.1, -0.05) is 60.7 Å². The van der Waals surface area contributed by atoms with Gasteiger partial charge in [-0.3, -0.25) is 9.48 Å². The number of hydrogen-bond acceptors (Lipinski definition) is 2. The van der Waals surface area contributed by atoms with Crippen LogP contribution < -0.4 is 5.32 Å². The molecule has 1 N–H and O–H groups in total. The summed E-state index contributed by atoms with van der Waals surface area (Å²) in [6, 6.07) is 20.0. The third-order valence-electron chi connectivity index (χ3n) is 3.74. The number of aromatic nitrogens is 2. The molecule has 0 spiro atoms. The number of nitrogens with zero attached hydrogens (tertiary/aromatic N) is 2. The maximum Gasteiger partial charge on any atom is 0.224 e. The van der Waals surface area contributed by atoms with Crippen molar-refractivity contribution in [2.75, 3.05) is 5.32 Å². The smallest absolute Gasteiger partial charge is 0.224 e. The van der Waals surface area contributed by atoms with Crippen LogP contribution in [0.15, 0.2) is 66.9 Å². The molecule has 0 fully saturated rings. The molecule has 0 aliphatic rings. The largest absolute Gasteiger partial charge is 0.323 e. The Balaban J connectivity index is 1.70. The molecule has 1 heterocycles. The molecule has 0 atom stereocenters. The first-order valence-corrected chi connectivity index (χ1v) is 7.65. The van der Waals surface area contributed by atoms with Crippen molar-refractivity contribution in [3.05, 3.63) is 72.4 Å². The molecule has 0 aliphatic carbocycles. The molecule has 1 aromatic heterocycles. The minimum absolute atomic E-state index is 0.000894. The van der Waals surface area contributed by atoms with Gasteiger partial charge in [0.15, 0.2) is 0 Å². The minimum atomic E-state index is -0.000894. The SMILES string of the molecule is Cn1ncc(NC(=O)CCc2ccccc2)c1-c1ccccc1. The summed E-state index contributed by atoms with van der Waals surface area (Å²) in [7, 11) is 1.88. The quantitative estimate of drug-likeness (QED) is 0.782. The van der Waals surface area contributed by atoms with E-state index >= 15 is 0 Å². The fourth-order valence-corrected chi connectivity index (χ4v) is 2.58. The fourth-order valence-electron chi connectivity index (χ4n) is 2.58. The predicted octanol–water partition coefficient (Wildman–Crippen LogP) is 3.66. The maximum atomic E-state index is 12.2. The third-order valence-corrected chi connectivity index (χ3v) is 3.74. The van der Waals surface area contributed by atoms with E-state index in [2.05, 4.69) is 10.4 Å². The van der Waals surface area contributed by atoms with E-state index in [-0.39, 0.29) is 5.91 Å². The summed E-state index contributed by atoms with van der Waals surface area (Å²) < 4.78 is 1.78. The molecule has 4 heteroatoms. The molecule has 1 amide bonds. The van der Waals surface area contributed by atoms with Gasteiger partial charge in [0.05, 0.1) is 17.6 Å². The van der Waals surface area contributed by atoms with Crippen LogP contribution >= 0.6 is 0 Å². The van der Waals surface area contributed by atoms with Gasteiger partial charge in [-0.2, -0.15) is 5.10 Å². The highest BCUT2D eigenvalue weighted by Crippen LogP contribution is 2.27. The summed E-state index contributed by atoms with van der Waals surface area (Å²) in [6.45, 7) is 0. The monoisotopic (exact) mass is 305 g/mol. The van der Waals surface area contributed by atoms with Gasteiger partial charge >= 0.3 is 0 Å². The van der Waals surface area contributed by atoms with E-state index in [4.69, 9.17) is 0 Å². The van der Waals surface area contributed by atoms with Crippen molar-refractivity contribution >= 4 is 11.6 Å². The first kappa shape index (κ1) is 15.0. The summed E-state index contributed by atoms with van der Waals surface area (Å²) in [6.07, 6.45) is 2.88. The Labute approximate surface area is 135 Å². The summed E-state index contributed by atoms with van der Waals surface area (Å²) in [5.74, 6) is -0.000894. The average molecular weight is 305 g/mol. The topological polar surface area (TPSA) is 46.9 Å². The Morgan fingerprint density at radius 2 is 1.70 bits per heavy atom. The van der Waals surface area contributed by atoms with Gasteiger partial charge in [-0.25, -0.2) is 0 Å². The van der Waals surface area contributed by atoms with Crippen LogP contribution in [0.25, 0.3) is 11.3 Å². The highest BCUT2D eigenvalue weighted by molar-refractivity contribution is 5.94. The highest BCUT2D eigenvalue weighted by atomic mass is 16.1. The molecule has 3 rings (SSSR count). The fraction of sp³-hybridized carbons (Fsp3) is 0.158. The normalized spacial score (nSPS) is 10.5. The van der Waals surface area contributed by atoms with Gasteiger partial charge in [0.1, 0.15) is 0 Å². The van der Waals surface area contributed by atoms with Crippen molar-refractivity contribution in [3.63, 3.8) is 0 Å². The molecule has 23 heavy (non-hydrogen) atoms. The predicted molar refractivity (Wildman–Crippen MR) is 92.0 cm³/mol. The van der Waals surface area contributed by atoms with Crippen molar-refractivity contribution < 1.29 is 4.79 Å². The zero-order chi connectivity index (χ0) is 16.1. The summed E-state index contributed by atoms with van der Waals surface area (Å²) >= 11 is 0. The standard InChI is InChI=1S/C19H19N3O/c1-22-19(16-10-6-3-7-11-16)17(14-20-22)21-18(23)13-12-15-8-4-2-5-9-15/h2-11,14H,12-13H2,1H3,(H,21,23). The Morgan fingerprint density at radius 1 is 1.04 bits per heavy atom. The Hall–Kier alpha value is -2.88. The molecule has 3 aromatic rings. The molecule has 0 aliphatic heterocycles. The summed E-state index contributed by atoms with van der Waals surface area (Å²) in [4.78, 5) is 12.2. The molecule has 0 saturated heterocycles. The molecule has 0 radical (unpaired) electrons. The second-order valence-corrected chi connectivity index (χ2v) is 5.43. The Kier molecular flexibility index (Phi) is 4.52. The van der Waals surface area contributed by atoms with Crippen LogP contribution in [0.5, 0.6) is 0 Å². The summed E-state index contributed by atoms with van der Waals surface area (Å²) in [5.41, 5.74) is 3.86. The Morgan fingerprint density at radius 3 is 2.39 bits per heavy atom. The number of nitrogens with one attached hydrogen (secondary N) is 1. The average Bonchev–Trinajstić information content (AvgIpc) is 2.95. The van der Waals surface area contributed by atoms with Gasteiger partial charge in [-0.15, -0.1) is 0 Å². The van der Waals surface area contributed by atoms with E-state index in [0.29, 0.717) is 6.42 Å². The first-order chi connectivity index (χ1) is 11.2. The van der Waals surface area contributed by atoms with Crippen molar-refractivity contribution in [3.8, 4) is 11.3 Å². The molecular formula is C19H19N3O. The first-order valence-electron chi connectivity index (χ1n) is 7.65. The van der Waals surface area contributed by atoms with Gasteiger partial charge in [0, 0.05) is 19.0 Å². The van der Waals surface area contributed by atoms with Crippen LogP contribution in [0.2, 0.25) is 0 Å². The van der Waals surface area contributed by atoms with Gasteiger partial charge in [-0.05, 0) is 12.0 Å². The zero-order valence-corrected chi connectivity index (χ0v) is 13.1. The molecule has 4 nitrogen and oxygen atoms in total. The van der Waals surface area contributed by atoms with Crippen molar-refractivity contribution in [2.24, 2.45) is 7.05 Å². The van der Waals surface area contributed by atoms with Crippen LogP contribution in [0.1, 0.15) is 12.0 Å². The van der Waals surface area contributed by atoms with Crippen LogP contribution in [0.3, 0.4) is 0 Å². The lowest BCUT2D eigenvalue weighted by Gasteiger charge is -2.08. The van der Waals surface area contributed by atoms with Crippen LogP contribution in [0, 0.1) is 0 Å². The number of aryl methyl sites for hydroxylation is 2. The van der Waals surface area contributed by atoms with E-state index in [1.165, 1.54) is 0 Å². The molecule has 0 bridgehead atoms. The van der Waals surface area contributed by atoms with Crippen LogP contribution in [-0.4, -0.2) is 15.7 Å². The van der Waals surface area contributed by atoms with E-state index in [0.717, 1.165) is 28.9 Å². The van der Waals surface area contributed by atoms with E-state index in [9.17, 15) is 4.79 Å². The minimum Gasteiger partial charge on any atom is -0.323 e.